The van der Waals surface area contributed by atoms with Crippen LogP contribution < -0.4 is 5.32 Å². The zero-order valence-corrected chi connectivity index (χ0v) is 12.9. The molecule has 1 atom stereocenters. The van der Waals surface area contributed by atoms with Crippen LogP contribution in [0.1, 0.15) is 23.4 Å². The lowest BCUT2D eigenvalue weighted by atomic mass is 10.1. The number of anilines is 1. The highest BCUT2D eigenvalue weighted by Gasteiger charge is 2.12. The maximum absolute atomic E-state index is 10.8. The molecule has 6 nitrogen and oxygen atoms in total. The lowest BCUT2D eigenvalue weighted by Crippen LogP contribution is -2.08. The predicted octanol–water partition coefficient (Wildman–Crippen LogP) is 4.08. The lowest BCUT2D eigenvalue weighted by Gasteiger charge is -2.14. The molecule has 0 saturated carbocycles. The van der Waals surface area contributed by atoms with Gasteiger partial charge in [-0.05, 0) is 25.5 Å². The molecule has 0 amide bonds. The van der Waals surface area contributed by atoms with Crippen LogP contribution in [0.25, 0.3) is 10.3 Å². The minimum Gasteiger partial charge on any atom is -0.362 e. The Kier molecular flexibility index (Phi) is 3.72. The number of nitrogens with zero attached hydrogens (tertiary/aromatic N) is 3. The van der Waals surface area contributed by atoms with Gasteiger partial charge in [0.2, 0.25) is 0 Å². The van der Waals surface area contributed by atoms with Crippen molar-refractivity contribution in [2.75, 3.05) is 5.32 Å². The second-order valence-corrected chi connectivity index (χ2v) is 6.26. The quantitative estimate of drug-likeness (QED) is 0.579. The van der Waals surface area contributed by atoms with Crippen molar-refractivity contribution in [1.82, 2.24) is 9.97 Å². The van der Waals surface area contributed by atoms with Gasteiger partial charge in [-0.25, -0.2) is 9.97 Å². The number of nitrogens with one attached hydrogen (secondary N) is 1. The third-order valence-electron chi connectivity index (χ3n) is 3.31. The van der Waals surface area contributed by atoms with Crippen LogP contribution in [0.15, 0.2) is 36.5 Å². The van der Waals surface area contributed by atoms with Crippen LogP contribution in [0.5, 0.6) is 0 Å². The average Bonchev–Trinajstić information content (AvgIpc) is 2.86. The van der Waals surface area contributed by atoms with E-state index in [4.69, 9.17) is 0 Å². The predicted molar refractivity (Wildman–Crippen MR) is 87.3 cm³/mol. The number of hydrogen-bond acceptors (Lipinski definition) is 6. The van der Waals surface area contributed by atoms with Crippen molar-refractivity contribution in [3.8, 4) is 0 Å². The molecule has 0 spiro atoms. The highest BCUT2D eigenvalue weighted by molar-refractivity contribution is 7.18. The normalized spacial score (nSPS) is 12.3. The van der Waals surface area contributed by atoms with Gasteiger partial charge in [0.15, 0.2) is 0 Å². The zero-order valence-electron chi connectivity index (χ0n) is 12.1. The first-order valence-electron chi connectivity index (χ1n) is 6.77. The van der Waals surface area contributed by atoms with Gasteiger partial charge in [-0.3, -0.25) is 10.1 Å². The van der Waals surface area contributed by atoms with Gasteiger partial charge >= 0.3 is 0 Å². The molecule has 0 aliphatic carbocycles. The lowest BCUT2D eigenvalue weighted by molar-refractivity contribution is -0.384. The molecule has 0 aliphatic rings. The minimum absolute atomic E-state index is 0.0848. The fourth-order valence-corrected chi connectivity index (χ4v) is 3.05. The smallest absolute Gasteiger partial charge is 0.269 e. The van der Waals surface area contributed by atoms with Crippen molar-refractivity contribution < 1.29 is 4.92 Å². The van der Waals surface area contributed by atoms with Crippen molar-refractivity contribution in [3.63, 3.8) is 0 Å². The number of aryl methyl sites for hydroxylation is 1. The summed E-state index contributed by atoms with van der Waals surface area (Å²) in [5.41, 5.74) is 1.80. The molecule has 0 aliphatic heterocycles. The fraction of sp³-hybridized carbons (Fsp3) is 0.200. The second-order valence-electron chi connectivity index (χ2n) is 5.02. The molecule has 0 fully saturated rings. The van der Waals surface area contributed by atoms with E-state index in [1.54, 1.807) is 29.7 Å². The summed E-state index contributed by atoms with van der Waals surface area (Å²) in [6.07, 6.45) is 1.68. The van der Waals surface area contributed by atoms with Gasteiger partial charge in [0.05, 0.1) is 17.2 Å². The van der Waals surface area contributed by atoms with E-state index in [-0.39, 0.29) is 11.7 Å². The Morgan fingerprint density at radius 2 is 2.18 bits per heavy atom. The van der Waals surface area contributed by atoms with E-state index in [9.17, 15) is 10.1 Å². The molecule has 3 aromatic rings. The number of non-ortho nitro benzene ring substituents is 1. The van der Waals surface area contributed by atoms with Gasteiger partial charge in [-0.15, -0.1) is 11.3 Å². The van der Waals surface area contributed by atoms with Crippen molar-refractivity contribution in [1.29, 1.82) is 0 Å². The molecule has 2 heterocycles. The van der Waals surface area contributed by atoms with Gasteiger partial charge in [-0.2, -0.15) is 0 Å². The number of rotatable bonds is 4. The Morgan fingerprint density at radius 1 is 1.36 bits per heavy atom. The van der Waals surface area contributed by atoms with Crippen molar-refractivity contribution in [2.45, 2.75) is 19.9 Å². The molecule has 0 bridgehead atoms. The summed E-state index contributed by atoms with van der Waals surface area (Å²) in [4.78, 5) is 21.4. The number of nitro benzene ring substituents is 1. The van der Waals surface area contributed by atoms with Gasteiger partial charge in [0.25, 0.3) is 5.69 Å². The standard InChI is InChI=1S/C15H14N4O2S/c1-9-6-13-15(22-9)18-14(8-16-13)17-10(2)11-4-3-5-12(7-11)19(20)21/h3-8,10H,1-2H3,(H,17,18). The molecule has 112 valence electrons. The fourth-order valence-electron chi connectivity index (χ4n) is 2.21. The first-order chi connectivity index (χ1) is 10.5. The number of benzene rings is 1. The Labute approximate surface area is 131 Å². The van der Waals surface area contributed by atoms with Crippen LogP contribution in [0.3, 0.4) is 0 Å². The van der Waals surface area contributed by atoms with Crippen molar-refractivity contribution in [3.05, 3.63) is 57.1 Å². The number of aromatic nitrogens is 2. The van der Waals surface area contributed by atoms with Crippen molar-refractivity contribution in [2.24, 2.45) is 0 Å². The van der Waals surface area contributed by atoms with Crippen LogP contribution in [-0.4, -0.2) is 14.9 Å². The number of hydrogen-bond donors (Lipinski definition) is 1. The van der Waals surface area contributed by atoms with Crippen molar-refractivity contribution >= 4 is 33.2 Å². The van der Waals surface area contributed by atoms with E-state index in [2.05, 4.69) is 15.3 Å². The highest BCUT2D eigenvalue weighted by Crippen LogP contribution is 2.25. The van der Waals surface area contributed by atoms with E-state index < -0.39 is 4.92 Å². The largest absolute Gasteiger partial charge is 0.362 e. The average molecular weight is 314 g/mol. The first-order valence-corrected chi connectivity index (χ1v) is 7.58. The molecule has 0 saturated heterocycles. The maximum Gasteiger partial charge on any atom is 0.269 e. The molecule has 22 heavy (non-hydrogen) atoms. The molecule has 7 heteroatoms. The SMILES string of the molecule is Cc1cc2ncc(NC(C)c3cccc([N+](=O)[O-])c3)nc2s1. The zero-order chi connectivity index (χ0) is 15.7. The summed E-state index contributed by atoms with van der Waals surface area (Å²) < 4.78 is 0. The molecule has 1 aromatic carbocycles. The van der Waals surface area contributed by atoms with Gasteiger partial charge < -0.3 is 5.32 Å². The molecule has 0 radical (unpaired) electrons. The van der Waals surface area contributed by atoms with E-state index >= 15 is 0 Å². The Bertz CT molecular complexity index is 846. The van der Waals surface area contributed by atoms with Gasteiger partial charge in [0, 0.05) is 17.0 Å². The monoisotopic (exact) mass is 314 g/mol. The summed E-state index contributed by atoms with van der Waals surface area (Å²) in [5, 5.41) is 14.1. The molecule has 2 aromatic heterocycles. The van der Waals surface area contributed by atoms with E-state index in [0.29, 0.717) is 5.82 Å². The summed E-state index contributed by atoms with van der Waals surface area (Å²) in [6, 6.07) is 8.48. The first kappa shape index (κ1) is 14.4. The summed E-state index contributed by atoms with van der Waals surface area (Å²) in [7, 11) is 0. The van der Waals surface area contributed by atoms with Crippen LogP contribution in [0.2, 0.25) is 0 Å². The third-order valence-corrected chi connectivity index (χ3v) is 4.24. The summed E-state index contributed by atoms with van der Waals surface area (Å²) in [5.74, 6) is 0.661. The van der Waals surface area contributed by atoms with Crippen LogP contribution in [-0.2, 0) is 0 Å². The van der Waals surface area contributed by atoms with Crippen LogP contribution >= 0.6 is 11.3 Å². The Balaban J connectivity index is 1.84. The molecular weight excluding hydrogens is 300 g/mol. The summed E-state index contributed by atoms with van der Waals surface area (Å²) >= 11 is 1.59. The Morgan fingerprint density at radius 3 is 2.95 bits per heavy atom. The minimum atomic E-state index is -0.392. The van der Waals surface area contributed by atoms with E-state index in [1.807, 2.05) is 26.0 Å². The Hall–Kier alpha value is -2.54. The summed E-state index contributed by atoms with van der Waals surface area (Å²) in [6.45, 7) is 3.96. The second kappa shape index (κ2) is 5.69. The van der Waals surface area contributed by atoms with Gasteiger partial charge in [-0.1, -0.05) is 12.1 Å². The third kappa shape index (κ3) is 2.89. The maximum atomic E-state index is 10.8. The van der Waals surface area contributed by atoms with Gasteiger partial charge in [0.1, 0.15) is 16.2 Å². The van der Waals surface area contributed by atoms with E-state index in [0.717, 1.165) is 15.9 Å². The van der Waals surface area contributed by atoms with Crippen LogP contribution in [0, 0.1) is 17.0 Å². The number of fused-ring (bicyclic) bond motifs is 1. The molecule has 3 rings (SSSR count). The van der Waals surface area contributed by atoms with Crippen LogP contribution in [0.4, 0.5) is 11.5 Å². The number of nitro groups is 1. The molecular formula is C15H14N4O2S. The van der Waals surface area contributed by atoms with E-state index in [1.165, 1.54) is 10.9 Å². The highest BCUT2D eigenvalue weighted by atomic mass is 32.1. The molecule has 1 unspecified atom stereocenters. The molecule has 1 N–H and O–H groups in total. The number of thiophene rings is 1. The topological polar surface area (TPSA) is 81.0 Å².